The van der Waals surface area contributed by atoms with Crippen molar-refractivity contribution in [1.82, 2.24) is 0 Å². The van der Waals surface area contributed by atoms with Gasteiger partial charge in [0.2, 0.25) is 0 Å². The molecule has 4 nitrogen and oxygen atoms in total. The van der Waals surface area contributed by atoms with Gasteiger partial charge in [-0.2, -0.15) is 0 Å². The maximum Gasteiger partial charge on any atom is 0.337 e. The van der Waals surface area contributed by atoms with Gasteiger partial charge in [-0.3, -0.25) is 0 Å². The third-order valence-electron chi connectivity index (χ3n) is 1.98. The lowest BCUT2D eigenvalue weighted by molar-refractivity contribution is -0.0372. The summed E-state index contributed by atoms with van der Waals surface area (Å²) in [7, 11) is 0. The van der Waals surface area contributed by atoms with Crippen LogP contribution in [0.15, 0.2) is 18.2 Å². The first-order valence-corrected chi connectivity index (χ1v) is 4.99. The van der Waals surface area contributed by atoms with Crippen LogP contribution in [0.3, 0.4) is 0 Å². The fourth-order valence-corrected chi connectivity index (χ4v) is 1.35. The molecule has 0 aliphatic rings. The molecule has 0 aliphatic carbocycles. The molecule has 0 saturated heterocycles. The number of aliphatic hydroxyl groups excluding tert-OH is 1. The summed E-state index contributed by atoms with van der Waals surface area (Å²) in [5.41, 5.74) is 0.152. The Morgan fingerprint density at radius 3 is 2.59 bits per heavy atom. The van der Waals surface area contributed by atoms with E-state index in [0.29, 0.717) is 0 Å². The van der Waals surface area contributed by atoms with Crippen LogP contribution < -0.4 is 5.32 Å². The summed E-state index contributed by atoms with van der Waals surface area (Å²) in [5, 5.41) is 19.4. The van der Waals surface area contributed by atoms with Crippen molar-refractivity contribution in [3.8, 4) is 0 Å². The van der Waals surface area contributed by atoms with Crippen molar-refractivity contribution in [3.63, 3.8) is 0 Å². The van der Waals surface area contributed by atoms with Crippen molar-refractivity contribution >= 4 is 23.3 Å². The number of aliphatic hydroxyl groups is 1. The quantitative estimate of drug-likeness (QED) is 0.762. The maximum absolute atomic E-state index is 12.7. The molecule has 1 rings (SSSR count). The van der Waals surface area contributed by atoms with Gasteiger partial charge in [0.15, 0.2) is 0 Å². The second kappa shape index (κ2) is 5.29. The Morgan fingerprint density at radius 1 is 1.47 bits per heavy atom. The summed E-state index contributed by atoms with van der Waals surface area (Å²) in [6.45, 7) is -2.02. The van der Waals surface area contributed by atoms with Crippen molar-refractivity contribution < 1.29 is 23.8 Å². The molecule has 0 heterocycles. The van der Waals surface area contributed by atoms with Gasteiger partial charge in [0.05, 0.1) is 17.1 Å². The van der Waals surface area contributed by atoms with Gasteiger partial charge in [0, 0.05) is 5.69 Å². The van der Waals surface area contributed by atoms with Crippen molar-refractivity contribution in [2.75, 3.05) is 18.5 Å². The van der Waals surface area contributed by atoms with E-state index in [0.717, 1.165) is 0 Å². The van der Waals surface area contributed by atoms with Crippen LogP contribution >= 0.6 is 11.6 Å². The Morgan fingerprint density at radius 2 is 2.12 bits per heavy atom. The lowest BCUT2D eigenvalue weighted by Gasteiger charge is -2.15. The Bertz CT molecular complexity index is 426. The van der Waals surface area contributed by atoms with E-state index in [1.165, 1.54) is 18.2 Å². The fourth-order valence-electron chi connectivity index (χ4n) is 1.09. The Kier molecular flexibility index (Phi) is 4.25. The lowest BCUT2D eigenvalue weighted by atomic mass is 10.2. The largest absolute Gasteiger partial charge is 0.478 e. The van der Waals surface area contributed by atoms with Crippen LogP contribution in [0.1, 0.15) is 10.4 Å². The van der Waals surface area contributed by atoms with E-state index in [1.807, 2.05) is 0 Å². The van der Waals surface area contributed by atoms with Crippen molar-refractivity contribution in [2.45, 2.75) is 5.92 Å². The standard InChI is InChI=1S/C10H10ClF2NO3/c11-8-3-6(1-2-7(8)9(16)17)14-4-10(12,13)5-15/h1-3,14-15H,4-5H2,(H,16,17). The van der Waals surface area contributed by atoms with E-state index < -0.39 is 25.0 Å². The first kappa shape index (κ1) is 13.7. The zero-order chi connectivity index (χ0) is 13.1. The summed E-state index contributed by atoms with van der Waals surface area (Å²) in [6.07, 6.45) is 0. The molecular formula is C10H10ClF2NO3. The first-order valence-electron chi connectivity index (χ1n) is 4.61. The molecule has 3 N–H and O–H groups in total. The molecule has 0 atom stereocenters. The van der Waals surface area contributed by atoms with E-state index in [1.54, 1.807) is 0 Å². The van der Waals surface area contributed by atoms with Crippen LogP contribution in [-0.4, -0.2) is 35.3 Å². The van der Waals surface area contributed by atoms with E-state index in [4.69, 9.17) is 21.8 Å². The molecule has 0 saturated carbocycles. The number of rotatable bonds is 5. The van der Waals surface area contributed by atoms with Gasteiger partial charge < -0.3 is 15.5 Å². The number of anilines is 1. The van der Waals surface area contributed by atoms with Crippen LogP contribution in [-0.2, 0) is 0 Å². The highest BCUT2D eigenvalue weighted by molar-refractivity contribution is 6.33. The van der Waals surface area contributed by atoms with Crippen LogP contribution in [0.2, 0.25) is 5.02 Å². The molecule has 0 fully saturated rings. The molecule has 0 aliphatic heterocycles. The second-order valence-corrected chi connectivity index (χ2v) is 3.77. The van der Waals surface area contributed by atoms with Gasteiger partial charge in [-0.1, -0.05) is 11.6 Å². The molecule has 0 unspecified atom stereocenters. The third-order valence-corrected chi connectivity index (χ3v) is 2.29. The van der Waals surface area contributed by atoms with Gasteiger partial charge in [0.1, 0.15) is 6.61 Å². The molecule has 94 valence electrons. The number of halogens is 3. The molecule has 0 radical (unpaired) electrons. The molecule has 1 aromatic rings. The summed E-state index contributed by atoms with van der Waals surface area (Å²) < 4.78 is 25.4. The Balaban J connectivity index is 2.75. The predicted molar refractivity (Wildman–Crippen MR) is 58.9 cm³/mol. The lowest BCUT2D eigenvalue weighted by Crippen LogP contribution is -2.31. The summed E-state index contributed by atoms with van der Waals surface area (Å²) >= 11 is 5.65. The Hall–Kier alpha value is -1.40. The zero-order valence-electron chi connectivity index (χ0n) is 8.58. The van der Waals surface area contributed by atoms with Gasteiger partial charge in [-0.05, 0) is 18.2 Å². The zero-order valence-corrected chi connectivity index (χ0v) is 9.34. The van der Waals surface area contributed by atoms with Gasteiger partial charge in [-0.25, -0.2) is 13.6 Å². The molecule has 0 bridgehead atoms. The van der Waals surface area contributed by atoms with E-state index >= 15 is 0 Å². The number of carbonyl (C=O) groups is 1. The maximum atomic E-state index is 12.7. The minimum Gasteiger partial charge on any atom is -0.478 e. The molecular weight excluding hydrogens is 256 g/mol. The summed E-state index contributed by atoms with van der Waals surface area (Å²) in [5.74, 6) is -4.43. The smallest absolute Gasteiger partial charge is 0.337 e. The van der Waals surface area contributed by atoms with Gasteiger partial charge in [-0.15, -0.1) is 0 Å². The highest BCUT2D eigenvalue weighted by Gasteiger charge is 2.27. The monoisotopic (exact) mass is 265 g/mol. The van der Waals surface area contributed by atoms with Crippen LogP contribution in [0, 0.1) is 0 Å². The number of alkyl halides is 2. The van der Waals surface area contributed by atoms with Gasteiger partial charge in [0.25, 0.3) is 5.92 Å². The third kappa shape index (κ3) is 3.83. The molecule has 0 aromatic heterocycles. The van der Waals surface area contributed by atoms with Crippen molar-refractivity contribution in [3.05, 3.63) is 28.8 Å². The molecule has 17 heavy (non-hydrogen) atoms. The number of benzene rings is 1. The predicted octanol–water partition coefficient (Wildman–Crippen LogP) is 2.08. The summed E-state index contributed by atoms with van der Waals surface area (Å²) in [6, 6.07) is 3.77. The minimum atomic E-state index is -3.24. The highest BCUT2D eigenvalue weighted by atomic mass is 35.5. The van der Waals surface area contributed by atoms with Crippen LogP contribution in [0.4, 0.5) is 14.5 Å². The number of carboxylic acid groups (broad SMARTS) is 1. The Labute approximate surface area is 101 Å². The molecule has 0 spiro atoms. The van der Waals surface area contributed by atoms with E-state index in [-0.39, 0.29) is 16.3 Å². The topological polar surface area (TPSA) is 69.6 Å². The van der Waals surface area contributed by atoms with Gasteiger partial charge >= 0.3 is 5.97 Å². The number of carboxylic acids is 1. The fraction of sp³-hybridized carbons (Fsp3) is 0.300. The average molecular weight is 266 g/mol. The number of hydrogen-bond donors (Lipinski definition) is 3. The number of aromatic carboxylic acids is 1. The van der Waals surface area contributed by atoms with Crippen molar-refractivity contribution in [1.29, 1.82) is 0 Å². The molecule has 0 amide bonds. The van der Waals surface area contributed by atoms with Crippen molar-refractivity contribution in [2.24, 2.45) is 0 Å². The van der Waals surface area contributed by atoms with Crippen LogP contribution in [0.5, 0.6) is 0 Å². The summed E-state index contributed by atoms with van der Waals surface area (Å²) in [4.78, 5) is 10.6. The van der Waals surface area contributed by atoms with E-state index in [2.05, 4.69) is 5.32 Å². The number of nitrogens with one attached hydrogen (secondary N) is 1. The van der Waals surface area contributed by atoms with Crippen LogP contribution in [0.25, 0.3) is 0 Å². The SMILES string of the molecule is O=C(O)c1ccc(NCC(F)(F)CO)cc1Cl. The number of hydrogen-bond acceptors (Lipinski definition) is 3. The minimum absolute atomic E-state index is 0.0465. The highest BCUT2D eigenvalue weighted by Crippen LogP contribution is 2.22. The van der Waals surface area contributed by atoms with E-state index in [9.17, 15) is 13.6 Å². The normalized spacial score (nSPS) is 11.3. The average Bonchev–Trinajstić information content (AvgIpc) is 2.26. The second-order valence-electron chi connectivity index (χ2n) is 3.37. The molecule has 7 heteroatoms. The molecule has 1 aromatic carbocycles. The first-order chi connectivity index (χ1) is 7.85.